The number of rotatable bonds is 9. The van der Waals surface area contributed by atoms with E-state index in [4.69, 9.17) is 15.9 Å². The standard InChI is InChI=1S/C28H37N7O2/c1-34(2)16-6-9-24(36)35-17-14-21(15-18-35)33-28-25(27(30)31-19-32-28)26(29)20-10-12-23(13-11-20)37-22-7-4-3-5-8-22/h3-4,6-7,9-10,12,19,21,29H,5,8,11,13-18H2,1-2H3,(H3,30,31,32,33)/b9-6+,29-26?. The lowest BCUT2D eigenvalue weighted by Crippen LogP contribution is -2.42. The van der Waals surface area contributed by atoms with E-state index >= 15 is 0 Å². The highest BCUT2D eigenvalue weighted by atomic mass is 16.5. The van der Waals surface area contributed by atoms with Gasteiger partial charge >= 0.3 is 0 Å². The summed E-state index contributed by atoms with van der Waals surface area (Å²) in [6.07, 6.45) is 19.9. The van der Waals surface area contributed by atoms with Crippen LogP contribution in [-0.4, -0.2) is 71.2 Å². The molecule has 9 nitrogen and oxygen atoms in total. The van der Waals surface area contributed by atoms with Gasteiger partial charge in [0.2, 0.25) is 5.91 Å². The fraction of sp³-hybridized carbons (Fsp3) is 0.429. The van der Waals surface area contributed by atoms with Crippen LogP contribution in [0.4, 0.5) is 11.6 Å². The third-order valence-electron chi connectivity index (χ3n) is 6.68. The third kappa shape index (κ3) is 7.16. The Hall–Kier alpha value is -3.72. The van der Waals surface area contributed by atoms with E-state index in [9.17, 15) is 4.79 Å². The minimum Gasteiger partial charge on any atom is -0.466 e. The number of ether oxygens (including phenoxy) is 1. The van der Waals surface area contributed by atoms with E-state index in [0.29, 0.717) is 36.6 Å². The number of nitrogens with zero attached hydrogens (tertiary/aromatic N) is 4. The molecule has 4 rings (SSSR count). The fourth-order valence-corrected chi connectivity index (χ4v) is 4.57. The summed E-state index contributed by atoms with van der Waals surface area (Å²) in [7, 11) is 3.95. The number of hydrogen-bond donors (Lipinski definition) is 3. The topological polar surface area (TPSA) is 120 Å². The highest BCUT2D eigenvalue weighted by molar-refractivity contribution is 6.16. The molecule has 2 aliphatic carbocycles. The summed E-state index contributed by atoms with van der Waals surface area (Å²) in [6.45, 7) is 2.08. The van der Waals surface area contributed by atoms with Gasteiger partial charge in [0.05, 0.1) is 11.3 Å². The second-order valence-corrected chi connectivity index (χ2v) is 9.79. The number of piperidine rings is 1. The average Bonchev–Trinajstić information content (AvgIpc) is 2.90. The number of likely N-dealkylation sites (N-methyl/N-ethyl adjacent to an activating group) is 1. The minimum atomic E-state index is 0.0472. The molecule has 0 unspecified atom stereocenters. The second-order valence-electron chi connectivity index (χ2n) is 9.79. The van der Waals surface area contributed by atoms with Crippen LogP contribution in [-0.2, 0) is 9.53 Å². The lowest BCUT2D eigenvalue weighted by Gasteiger charge is -2.32. The van der Waals surface area contributed by atoms with E-state index in [-0.39, 0.29) is 17.8 Å². The van der Waals surface area contributed by atoms with Crippen molar-refractivity contribution in [1.29, 1.82) is 5.41 Å². The molecule has 2 heterocycles. The van der Waals surface area contributed by atoms with Crippen molar-refractivity contribution in [3.05, 3.63) is 71.5 Å². The van der Waals surface area contributed by atoms with Crippen molar-refractivity contribution < 1.29 is 9.53 Å². The number of nitrogens with one attached hydrogen (secondary N) is 2. The maximum absolute atomic E-state index is 12.5. The van der Waals surface area contributed by atoms with Crippen molar-refractivity contribution in [2.45, 2.75) is 44.6 Å². The Balaban J connectivity index is 1.38. The Labute approximate surface area is 219 Å². The predicted molar refractivity (Wildman–Crippen MR) is 147 cm³/mol. The van der Waals surface area contributed by atoms with E-state index in [2.05, 4.69) is 21.4 Å². The summed E-state index contributed by atoms with van der Waals surface area (Å²) < 4.78 is 6.03. The Kier molecular flexibility index (Phi) is 8.90. The largest absolute Gasteiger partial charge is 0.466 e. The molecular weight excluding hydrogens is 466 g/mol. The van der Waals surface area contributed by atoms with Crippen LogP contribution in [0.25, 0.3) is 0 Å². The summed E-state index contributed by atoms with van der Waals surface area (Å²) in [5, 5.41) is 12.4. The fourth-order valence-electron chi connectivity index (χ4n) is 4.57. The summed E-state index contributed by atoms with van der Waals surface area (Å²) in [5.74, 6) is 2.79. The average molecular weight is 504 g/mol. The predicted octanol–water partition coefficient (Wildman–Crippen LogP) is 3.80. The Bertz CT molecular complexity index is 1160. The Morgan fingerprint density at radius 1 is 1.19 bits per heavy atom. The molecule has 0 atom stereocenters. The summed E-state index contributed by atoms with van der Waals surface area (Å²) >= 11 is 0. The number of amides is 1. The summed E-state index contributed by atoms with van der Waals surface area (Å²) in [4.78, 5) is 24.9. The van der Waals surface area contributed by atoms with Crippen molar-refractivity contribution in [2.75, 3.05) is 44.8 Å². The molecule has 1 aromatic rings. The first-order valence-corrected chi connectivity index (χ1v) is 12.9. The maximum atomic E-state index is 12.5. The van der Waals surface area contributed by atoms with Gasteiger partial charge < -0.3 is 25.6 Å². The van der Waals surface area contributed by atoms with Gasteiger partial charge in [-0.05, 0) is 57.5 Å². The van der Waals surface area contributed by atoms with Gasteiger partial charge in [-0.25, -0.2) is 9.97 Å². The molecule has 37 heavy (non-hydrogen) atoms. The molecule has 4 N–H and O–H groups in total. The first-order valence-electron chi connectivity index (χ1n) is 12.9. The van der Waals surface area contributed by atoms with Gasteiger partial charge in [-0.2, -0.15) is 0 Å². The number of anilines is 2. The van der Waals surface area contributed by atoms with Crippen LogP contribution in [0.3, 0.4) is 0 Å². The molecule has 0 spiro atoms. The number of carbonyl (C=O) groups is 1. The van der Waals surface area contributed by atoms with Crippen molar-refractivity contribution >= 4 is 23.3 Å². The molecule has 1 aromatic heterocycles. The van der Waals surface area contributed by atoms with Gasteiger partial charge in [0.25, 0.3) is 0 Å². The molecule has 196 valence electrons. The van der Waals surface area contributed by atoms with Crippen molar-refractivity contribution in [3.8, 4) is 0 Å². The lowest BCUT2D eigenvalue weighted by atomic mass is 9.94. The van der Waals surface area contributed by atoms with Crippen LogP contribution in [0.5, 0.6) is 0 Å². The van der Waals surface area contributed by atoms with E-state index in [1.807, 2.05) is 54.3 Å². The van der Waals surface area contributed by atoms with Gasteiger partial charge in [0.15, 0.2) is 0 Å². The Morgan fingerprint density at radius 3 is 2.65 bits per heavy atom. The summed E-state index contributed by atoms with van der Waals surface area (Å²) in [5.41, 5.74) is 7.96. The van der Waals surface area contributed by atoms with Crippen LogP contribution >= 0.6 is 0 Å². The molecule has 0 saturated carbocycles. The van der Waals surface area contributed by atoms with Crippen LogP contribution < -0.4 is 11.1 Å². The van der Waals surface area contributed by atoms with Crippen LogP contribution in [0.15, 0.2) is 66.0 Å². The first kappa shape index (κ1) is 26.3. The number of hydrogen-bond acceptors (Lipinski definition) is 8. The molecule has 3 aliphatic rings. The number of nitrogens with two attached hydrogens (primary N) is 1. The van der Waals surface area contributed by atoms with Crippen LogP contribution in [0, 0.1) is 5.41 Å². The third-order valence-corrected chi connectivity index (χ3v) is 6.68. The monoisotopic (exact) mass is 503 g/mol. The molecule has 1 fully saturated rings. The molecule has 0 radical (unpaired) electrons. The van der Waals surface area contributed by atoms with Gasteiger partial charge in [0, 0.05) is 44.6 Å². The lowest BCUT2D eigenvalue weighted by molar-refractivity contribution is -0.126. The van der Waals surface area contributed by atoms with Crippen molar-refractivity contribution in [1.82, 2.24) is 19.8 Å². The highest BCUT2D eigenvalue weighted by Gasteiger charge is 2.25. The number of nitrogen functional groups attached to an aromatic ring is 1. The Morgan fingerprint density at radius 2 is 1.97 bits per heavy atom. The van der Waals surface area contributed by atoms with E-state index < -0.39 is 0 Å². The van der Waals surface area contributed by atoms with Crippen molar-refractivity contribution in [3.63, 3.8) is 0 Å². The van der Waals surface area contributed by atoms with E-state index in [1.54, 1.807) is 6.08 Å². The minimum absolute atomic E-state index is 0.0472. The zero-order chi connectivity index (χ0) is 26.2. The number of likely N-dealkylation sites (tertiary alicyclic amines) is 1. The smallest absolute Gasteiger partial charge is 0.246 e. The zero-order valence-electron chi connectivity index (χ0n) is 21.7. The van der Waals surface area contributed by atoms with Gasteiger partial charge in [-0.15, -0.1) is 0 Å². The van der Waals surface area contributed by atoms with Gasteiger partial charge in [-0.1, -0.05) is 24.3 Å². The molecular formula is C28H37N7O2. The zero-order valence-corrected chi connectivity index (χ0v) is 21.7. The first-order chi connectivity index (χ1) is 17.9. The molecule has 1 saturated heterocycles. The SMILES string of the molecule is CN(C)C/C=C/C(=O)N1CCC(Nc2ncnc(N)c2C(=N)C2=CC=C(OC3=CC=CCC3)CC2)CC1. The molecule has 1 aliphatic heterocycles. The molecule has 0 aromatic carbocycles. The van der Waals surface area contributed by atoms with Crippen LogP contribution in [0.1, 0.15) is 44.1 Å². The molecule has 0 bridgehead atoms. The summed E-state index contributed by atoms with van der Waals surface area (Å²) in [6, 6.07) is 0.133. The maximum Gasteiger partial charge on any atom is 0.246 e. The van der Waals surface area contributed by atoms with E-state index in [0.717, 1.165) is 55.7 Å². The van der Waals surface area contributed by atoms with Crippen molar-refractivity contribution in [2.24, 2.45) is 0 Å². The second kappa shape index (κ2) is 12.5. The highest BCUT2D eigenvalue weighted by Crippen LogP contribution is 2.30. The molecule has 9 heteroatoms. The number of allylic oxidation sites excluding steroid dienone is 8. The van der Waals surface area contributed by atoms with Gasteiger partial charge in [0.1, 0.15) is 29.5 Å². The normalized spacial score (nSPS) is 18.5. The quantitative estimate of drug-likeness (QED) is 0.346. The molecule has 1 amide bonds. The number of aromatic nitrogens is 2. The van der Waals surface area contributed by atoms with E-state index in [1.165, 1.54) is 6.33 Å². The number of carbonyl (C=O) groups excluding carboxylic acids is 1. The van der Waals surface area contributed by atoms with Gasteiger partial charge in [-0.3, -0.25) is 10.2 Å². The van der Waals surface area contributed by atoms with Crippen LogP contribution in [0.2, 0.25) is 0 Å².